The van der Waals surface area contributed by atoms with E-state index in [2.05, 4.69) is 13.8 Å². The predicted molar refractivity (Wildman–Crippen MR) is 148 cm³/mol. The molecule has 36 heavy (non-hydrogen) atoms. The summed E-state index contributed by atoms with van der Waals surface area (Å²) in [5, 5.41) is 0. The fourth-order valence-electron chi connectivity index (χ4n) is 8.94. The Morgan fingerprint density at radius 1 is 0.833 bits per heavy atom. The van der Waals surface area contributed by atoms with Gasteiger partial charge in [-0.15, -0.1) is 0 Å². The van der Waals surface area contributed by atoms with Gasteiger partial charge in [-0.3, -0.25) is 9.59 Å². The number of hydrogen-bond donors (Lipinski definition) is 0. The molecule has 0 saturated heterocycles. The van der Waals surface area contributed by atoms with Gasteiger partial charge in [0.05, 0.1) is 0 Å². The van der Waals surface area contributed by atoms with Gasteiger partial charge in [0.1, 0.15) is 6.10 Å². The maximum absolute atomic E-state index is 12.8. The predicted octanol–water partition coefficient (Wildman–Crippen LogP) is 9.13. The van der Waals surface area contributed by atoms with Crippen molar-refractivity contribution >= 4 is 11.8 Å². The molecule has 0 radical (unpaired) electrons. The Bertz CT molecular complexity index is 754. The molecular formula is C33H54O3. The van der Waals surface area contributed by atoms with Gasteiger partial charge in [0, 0.05) is 18.3 Å². The molecule has 3 nitrogen and oxygen atoms in total. The molecule has 204 valence electrons. The lowest BCUT2D eigenvalue weighted by molar-refractivity contribution is -0.160. The van der Waals surface area contributed by atoms with Gasteiger partial charge in [-0.05, 0) is 87.5 Å². The highest BCUT2D eigenvalue weighted by Crippen LogP contribution is 2.63. The summed E-state index contributed by atoms with van der Waals surface area (Å²) in [4.78, 5) is 24.8. The molecule has 0 aliphatic heterocycles. The Hall–Kier alpha value is -1.12. The molecule has 0 aromatic rings. The molecule has 3 saturated carbocycles. The van der Waals surface area contributed by atoms with Crippen molar-refractivity contribution in [1.29, 1.82) is 0 Å². The van der Waals surface area contributed by atoms with Crippen LogP contribution in [-0.4, -0.2) is 17.9 Å². The first kappa shape index (κ1) is 27.9. The van der Waals surface area contributed by atoms with E-state index >= 15 is 0 Å². The van der Waals surface area contributed by atoms with Gasteiger partial charge in [0.25, 0.3) is 0 Å². The summed E-state index contributed by atoms with van der Waals surface area (Å²) >= 11 is 0. The maximum atomic E-state index is 12.8. The second-order valence-electron chi connectivity index (χ2n) is 12.8. The van der Waals surface area contributed by atoms with Gasteiger partial charge in [-0.1, -0.05) is 83.6 Å². The Morgan fingerprint density at radius 3 is 2.22 bits per heavy atom. The van der Waals surface area contributed by atoms with Crippen LogP contribution in [0.15, 0.2) is 11.6 Å². The Balaban J connectivity index is 1.18. The quantitative estimate of drug-likeness (QED) is 0.177. The van der Waals surface area contributed by atoms with Crippen molar-refractivity contribution in [2.24, 2.45) is 29.1 Å². The van der Waals surface area contributed by atoms with Crippen molar-refractivity contribution in [3.8, 4) is 0 Å². The first-order valence-corrected chi connectivity index (χ1v) is 16.0. The summed E-state index contributed by atoms with van der Waals surface area (Å²) < 4.78 is 6.27. The third-order valence-electron chi connectivity index (χ3n) is 10.9. The molecule has 0 aromatic carbocycles. The van der Waals surface area contributed by atoms with E-state index in [1.54, 1.807) is 0 Å². The summed E-state index contributed by atoms with van der Waals surface area (Å²) in [7, 11) is 0. The molecule has 3 heteroatoms. The second-order valence-corrected chi connectivity index (χ2v) is 12.8. The van der Waals surface area contributed by atoms with Gasteiger partial charge in [-0.2, -0.15) is 0 Å². The molecule has 0 heterocycles. The number of fused-ring (bicyclic) bond motifs is 5. The normalized spacial score (nSPS) is 33.4. The van der Waals surface area contributed by atoms with Crippen LogP contribution in [0, 0.1) is 29.1 Å². The summed E-state index contributed by atoms with van der Waals surface area (Å²) in [5.41, 5.74) is 1.67. The number of esters is 1. The summed E-state index contributed by atoms with van der Waals surface area (Å²) in [6.07, 6.45) is 27.3. The standard InChI is InChI=1S/C33H54O3/c1-3-5-6-7-8-9-10-11-12-13-14-15-32(35)36-31-21-20-30-29-18-16-25-24-26(34)17-19-27(25)28(29)22-23-33(30,31)4-2/h24,27-31H,3-23H2,1-2H3/t27-,28+,29+,30-,31-,33-/m0/s1. The van der Waals surface area contributed by atoms with Crippen LogP contribution < -0.4 is 0 Å². The third-order valence-corrected chi connectivity index (χ3v) is 10.9. The van der Waals surface area contributed by atoms with E-state index in [1.165, 1.54) is 95.5 Å². The van der Waals surface area contributed by atoms with Crippen molar-refractivity contribution in [2.75, 3.05) is 0 Å². The summed E-state index contributed by atoms with van der Waals surface area (Å²) in [6, 6.07) is 0. The largest absolute Gasteiger partial charge is 0.462 e. The minimum absolute atomic E-state index is 0.0613. The number of unbranched alkanes of at least 4 members (excludes halogenated alkanes) is 10. The zero-order valence-corrected chi connectivity index (χ0v) is 23.5. The molecule has 4 aliphatic carbocycles. The minimum atomic E-state index is 0.0613. The summed E-state index contributed by atoms with van der Waals surface area (Å²) in [5.74, 6) is 3.30. The van der Waals surface area contributed by atoms with Gasteiger partial charge in [0.15, 0.2) is 5.78 Å². The molecule has 0 amide bonds. The van der Waals surface area contributed by atoms with E-state index < -0.39 is 0 Å². The lowest BCUT2D eigenvalue weighted by Crippen LogP contribution is -2.49. The number of carbonyl (C=O) groups excluding carboxylic acids is 2. The first-order valence-electron chi connectivity index (χ1n) is 16.0. The van der Waals surface area contributed by atoms with Gasteiger partial charge in [0.2, 0.25) is 0 Å². The van der Waals surface area contributed by atoms with Crippen LogP contribution >= 0.6 is 0 Å². The molecule has 0 unspecified atom stereocenters. The number of allylic oxidation sites excluding steroid dienone is 1. The van der Waals surface area contributed by atoms with E-state index in [4.69, 9.17) is 4.74 Å². The van der Waals surface area contributed by atoms with Crippen molar-refractivity contribution in [1.82, 2.24) is 0 Å². The highest BCUT2D eigenvalue weighted by Gasteiger charge is 2.58. The average molecular weight is 499 g/mol. The van der Waals surface area contributed by atoms with Crippen molar-refractivity contribution in [3.63, 3.8) is 0 Å². The van der Waals surface area contributed by atoms with Crippen molar-refractivity contribution in [3.05, 3.63) is 11.6 Å². The molecule has 3 fully saturated rings. The highest BCUT2D eigenvalue weighted by molar-refractivity contribution is 5.91. The number of carbonyl (C=O) groups is 2. The zero-order chi connectivity index (χ0) is 25.4. The van der Waals surface area contributed by atoms with Crippen LogP contribution in [0.5, 0.6) is 0 Å². The fourth-order valence-corrected chi connectivity index (χ4v) is 8.94. The Labute approximate surface area is 221 Å². The molecule has 4 aliphatic rings. The Kier molecular flexibility index (Phi) is 10.5. The zero-order valence-electron chi connectivity index (χ0n) is 23.5. The molecule has 0 bridgehead atoms. The highest BCUT2D eigenvalue weighted by atomic mass is 16.5. The van der Waals surface area contributed by atoms with Crippen LogP contribution in [0.4, 0.5) is 0 Å². The SMILES string of the molecule is CCCCCCCCCCCCCC(=O)O[C@H]1CC[C@H]2[C@@H]3CCC4=CC(=O)CC[C@@H]4[C@H]3CC[C@]12CC. The molecule has 0 aromatic heterocycles. The summed E-state index contributed by atoms with van der Waals surface area (Å²) in [6.45, 7) is 4.62. The average Bonchev–Trinajstić information content (AvgIpc) is 3.25. The third kappa shape index (κ3) is 6.47. The lowest BCUT2D eigenvalue weighted by Gasteiger charge is -2.54. The second kappa shape index (κ2) is 13.6. The number of hydrogen-bond acceptors (Lipinski definition) is 3. The molecule has 4 rings (SSSR count). The topological polar surface area (TPSA) is 43.4 Å². The maximum Gasteiger partial charge on any atom is 0.306 e. The molecule has 0 spiro atoms. The van der Waals surface area contributed by atoms with E-state index in [-0.39, 0.29) is 17.5 Å². The van der Waals surface area contributed by atoms with Crippen molar-refractivity contribution < 1.29 is 14.3 Å². The van der Waals surface area contributed by atoms with Crippen LogP contribution in [0.2, 0.25) is 0 Å². The van der Waals surface area contributed by atoms with E-state index in [0.29, 0.717) is 24.0 Å². The van der Waals surface area contributed by atoms with Crippen LogP contribution in [-0.2, 0) is 14.3 Å². The van der Waals surface area contributed by atoms with Crippen LogP contribution in [0.3, 0.4) is 0 Å². The van der Waals surface area contributed by atoms with Gasteiger partial charge >= 0.3 is 5.97 Å². The van der Waals surface area contributed by atoms with Gasteiger partial charge < -0.3 is 4.74 Å². The smallest absolute Gasteiger partial charge is 0.306 e. The molecule has 0 N–H and O–H groups in total. The number of ketones is 1. The van der Waals surface area contributed by atoms with Crippen molar-refractivity contribution in [2.45, 2.75) is 155 Å². The van der Waals surface area contributed by atoms with E-state index in [9.17, 15) is 9.59 Å². The van der Waals surface area contributed by atoms with E-state index in [0.717, 1.165) is 50.4 Å². The van der Waals surface area contributed by atoms with E-state index in [1.807, 2.05) is 6.08 Å². The van der Waals surface area contributed by atoms with Crippen LogP contribution in [0.25, 0.3) is 0 Å². The minimum Gasteiger partial charge on any atom is -0.462 e. The number of ether oxygens (including phenoxy) is 1. The Morgan fingerprint density at radius 2 is 1.53 bits per heavy atom. The number of rotatable bonds is 14. The first-order chi connectivity index (χ1) is 17.6. The molecule has 6 atom stereocenters. The van der Waals surface area contributed by atoms with Crippen LogP contribution in [0.1, 0.15) is 149 Å². The lowest BCUT2D eigenvalue weighted by atomic mass is 9.51. The fraction of sp³-hybridized carbons (Fsp3) is 0.879. The molecular weight excluding hydrogens is 444 g/mol. The van der Waals surface area contributed by atoms with Gasteiger partial charge in [-0.25, -0.2) is 0 Å². The monoisotopic (exact) mass is 498 g/mol.